The summed E-state index contributed by atoms with van der Waals surface area (Å²) in [7, 11) is 3.47. The lowest BCUT2D eigenvalue weighted by Crippen LogP contribution is -2.19. The van der Waals surface area contributed by atoms with Crippen LogP contribution in [0, 0.1) is 10.1 Å². The van der Waals surface area contributed by atoms with Gasteiger partial charge in [-0.15, -0.1) is 0 Å². The van der Waals surface area contributed by atoms with Crippen LogP contribution >= 0.6 is 0 Å². The van der Waals surface area contributed by atoms with Gasteiger partial charge in [0.2, 0.25) is 0 Å². The number of pyridine rings is 1. The van der Waals surface area contributed by atoms with Crippen molar-refractivity contribution >= 4 is 23.3 Å². The maximum absolute atomic E-state index is 12.1. The van der Waals surface area contributed by atoms with E-state index in [0.717, 1.165) is 0 Å². The highest BCUT2D eigenvalue weighted by atomic mass is 16.6. The number of carbonyl (C=O) groups is 2. The standard InChI is InChI=1S/C16H15N3O5/c1-18(2)15-13(4-3-9-17-15)16(21)24-10-14(20)11-5-7-12(8-6-11)19(22)23/h3-9H,10H2,1-2H3. The predicted molar refractivity (Wildman–Crippen MR) is 86.3 cm³/mol. The van der Waals surface area contributed by atoms with E-state index in [1.165, 1.54) is 24.3 Å². The Balaban J connectivity index is 2.04. The van der Waals surface area contributed by atoms with Crippen LogP contribution in [0.3, 0.4) is 0 Å². The number of nitro benzene ring substituents is 1. The Morgan fingerprint density at radius 1 is 1.21 bits per heavy atom. The first kappa shape index (κ1) is 17.1. The van der Waals surface area contributed by atoms with Gasteiger partial charge in [0.15, 0.2) is 12.4 Å². The van der Waals surface area contributed by atoms with E-state index in [4.69, 9.17) is 4.74 Å². The van der Waals surface area contributed by atoms with E-state index in [-0.39, 0.29) is 16.8 Å². The fourth-order valence-electron chi connectivity index (χ4n) is 1.97. The van der Waals surface area contributed by atoms with Crippen molar-refractivity contribution in [2.75, 3.05) is 25.6 Å². The molecule has 0 fully saturated rings. The third-order valence-electron chi connectivity index (χ3n) is 3.16. The molecule has 0 amide bonds. The van der Waals surface area contributed by atoms with Gasteiger partial charge < -0.3 is 9.64 Å². The number of Topliss-reactive ketones (excluding diaryl/α,β-unsaturated/α-hetero) is 1. The van der Waals surface area contributed by atoms with Crippen LogP contribution in [0.1, 0.15) is 20.7 Å². The lowest BCUT2D eigenvalue weighted by Gasteiger charge is -2.14. The molecule has 124 valence electrons. The number of carbonyl (C=O) groups excluding carboxylic acids is 2. The van der Waals surface area contributed by atoms with Crippen LogP contribution in [-0.4, -0.2) is 42.4 Å². The Labute approximate surface area is 137 Å². The Kier molecular flexibility index (Phi) is 5.20. The van der Waals surface area contributed by atoms with Gasteiger partial charge in [-0.3, -0.25) is 14.9 Å². The monoisotopic (exact) mass is 329 g/mol. The summed E-state index contributed by atoms with van der Waals surface area (Å²) in [5.74, 6) is -0.680. The highest BCUT2D eigenvalue weighted by Crippen LogP contribution is 2.16. The minimum atomic E-state index is -0.665. The minimum Gasteiger partial charge on any atom is -0.454 e. The van der Waals surface area contributed by atoms with Crippen LogP contribution in [0.2, 0.25) is 0 Å². The van der Waals surface area contributed by atoms with Gasteiger partial charge in [0.05, 0.1) is 4.92 Å². The summed E-state index contributed by atoms with van der Waals surface area (Å²) in [5, 5.41) is 10.6. The van der Waals surface area contributed by atoms with E-state index in [0.29, 0.717) is 5.82 Å². The van der Waals surface area contributed by atoms with Crippen molar-refractivity contribution in [3.8, 4) is 0 Å². The number of esters is 1. The van der Waals surface area contributed by atoms with Gasteiger partial charge >= 0.3 is 5.97 Å². The van der Waals surface area contributed by atoms with Crippen LogP contribution < -0.4 is 4.90 Å². The molecule has 0 radical (unpaired) electrons. The number of hydrogen-bond acceptors (Lipinski definition) is 7. The summed E-state index contributed by atoms with van der Waals surface area (Å²) in [6.07, 6.45) is 1.55. The molecule has 0 aliphatic carbocycles. The quantitative estimate of drug-likeness (QED) is 0.346. The molecule has 1 aromatic carbocycles. The largest absolute Gasteiger partial charge is 0.454 e. The van der Waals surface area contributed by atoms with E-state index in [9.17, 15) is 19.7 Å². The molecule has 0 atom stereocenters. The van der Waals surface area contributed by atoms with Crippen molar-refractivity contribution in [1.82, 2.24) is 4.98 Å². The Morgan fingerprint density at radius 3 is 2.46 bits per heavy atom. The van der Waals surface area contributed by atoms with Gasteiger partial charge in [0.1, 0.15) is 11.4 Å². The van der Waals surface area contributed by atoms with Crippen molar-refractivity contribution in [2.24, 2.45) is 0 Å². The summed E-state index contributed by atoms with van der Waals surface area (Å²) in [4.78, 5) is 39.9. The van der Waals surface area contributed by atoms with Gasteiger partial charge in [-0.05, 0) is 24.3 Å². The van der Waals surface area contributed by atoms with Crippen molar-refractivity contribution in [2.45, 2.75) is 0 Å². The lowest BCUT2D eigenvalue weighted by atomic mass is 10.1. The number of ether oxygens (including phenoxy) is 1. The number of nitro groups is 1. The highest BCUT2D eigenvalue weighted by molar-refractivity contribution is 6.00. The zero-order valence-corrected chi connectivity index (χ0v) is 13.1. The zero-order chi connectivity index (χ0) is 17.7. The van der Waals surface area contributed by atoms with Gasteiger partial charge in [-0.25, -0.2) is 9.78 Å². The van der Waals surface area contributed by atoms with E-state index in [2.05, 4.69) is 4.98 Å². The second-order valence-corrected chi connectivity index (χ2v) is 5.07. The summed E-state index contributed by atoms with van der Waals surface area (Å²) in [5.41, 5.74) is 0.362. The van der Waals surface area contributed by atoms with Gasteiger partial charge in [-0.2, -0.15) is 0 Å². The first-order valence-corrected chi connectivity index (χ1v) is 6.97. The molecule has 8 nitrogen and oxygen atoms in total. The fraction of sp³-hybridized carbons (Fsp3) is 0.188. The molecule has 0 N–H and O–H groups in total. The van der Waals surface area contributed by atoms with Gasteiger partial charge in [0, 0.05) is 38.0 Å². The zero-order valence-electron chi connectivity index (χ0n) is 13.1. The second kappa shape index (κ2) is 7.32. The number of nitrogens with zero attached hydrogens (tertiary/aromatic N) is 3. The summed E-state index contributed by atoms with van der Waals surface area (Å²) < 4.78 is 5.02. The predicted octanol–water partition coefficient (Wildman–Crippen LogP) is 2.10. The molecule has 0 saturated carbocycles. The number of aromatic nitrogens is 1. The second-order valence-electron chi connectivity index (χ2n) is 5.07. The first-order valence-electron chi connectivity index (χ1n) is 6.97. The van der Waals surface area contributed by atoms with Gasteiger partial charge in [-0.1, -0.05) is 0 Å². The first-order chi connectivity index (χ1) is 11.4. The van der Waals surface area contributed by atoms with Crippen LogP contribution in [0.25, 0.3) is 0 Å². The summed E-state index contributed by atoms with van der Waals surface area (Å²) in [6.45, 7) is -0.460. The number of rotatable bonds is 6. The van der Waals surface area contributed by atoms with Crippen molar-refractivity contribution in [3.05, 3.63) is 63.8 Å². The average molecular weight is 329 g/mol. The molecule has 0 unspecified atom stereocenters. The van der Waals surface area contributed by atoms with Crippen molar-refractivity contribution in [3.63, 3.8) is 0 Å². The Bertz CT molecular complexity index is 772. The molecule has 0 bridgehead atoms. The van der Waals surface area contributed by atoms with Crippen molar-refractivity contribution < 1.29 is 19.2 Å². The minimum absolute atomic E-state index is 0.116. The van der Waals surface area contributed by atoms with E-state index in [1.807, 2.05) is 0 Å². The number of ketones is 1. The molecule has 1 aromatic heterocycles. The maximum Gasteiger partial charge on any atom is 0.342 e. The summed E-state index contributed by atoms with van der Waals surface area (Å²) >= 11 is 0. The average Bonchev–Trinajstić information content (AvgIpc) is 2.59. The molecule has 8 heteroatoms. The summed E-state index contributed by atoms with van der Waals surface area (Å²) in [6, 6.07) is 8.25. The molecular weight excluding hydrogens is 314 g/mol. The van der Waals surface area contributed by atoms with E-state index < -0.39 is 23.3 Å². The molecule has 0 saturated heterocycles. The van der Waals surface area contributed by atoms with Crippen LogP contribution in [-0.2, 0) is 4.74 Å². The van der Waals surface area contributed by atoms with Crippen LogP contribution in [0.5, 0.6) is 0 Å². The van der Waals surface area contributed by atoms with Crippen LogP contribution in [0.15, 0.2) is 42.6 Å². The number of benzene rings is 1. The molecule has 0 aliphatic rings. The normalized spacial score (nSPS) is 10.1. The maximum atomic E-state index is 12.1. The Morgan fingerprint density at radius 2 is 1.88 bits per heavy atom. The molecule has 0 aliphatic heterocycles. The smallest absolute Gasteiger partial charge is 0.342 e. The van der Waals surface area contributed by atoms with Gasteiger partial charge in [0.25, 0.3) is 5.69 Å². The Hall–Kier alpha value is -3.29. The molecular formula is C16H15N3O5. The SMILES string of the molecule is CN(C)c1ncccc1C(=O)OCC(=O)c1ccc([N+](=O)[O-])cc1. The lowest BCUT2D eigenvalue weighted by molar-refractivity contribution is -0.384. The van der Waals surface area contributed by atoms with E-state index in [1.54, 1.807) is 37.3 Å². The van der Waals surface area contributed by atoms with E-state index >= 15 is 0 Å². The molecule has 24 heavy (non-hydrogen) atoms. The van der Waals surface area contributed by atoms with Crippen LogP contribution in [0.4, 0.5) is 11.5 Å². The molecule has 2 aromatic rings. The highest BCUT2D eigenvalue weighted by Gasteiger charge is 2.17. The fourth-order valence-corrected chi connectivity index (χ4v) is 1.97. The number of hydrogen-bond donors (Lipinski definition) is 0. The third-order valence-corrected chi connectivity index (χ3v) is 3.16. The van der Waals surface area contributed by atoms with Crippen molar-refractivity contribution in [1.29, 1.82) is 0 Å². The molecule has 0 spiro atoms. The molecule has 1 heterocycles. The topological polar surface area (TPSA) is 103 Å². The number of anilines is 1. The molecule has 2 rings (SSSR count). The number of non-ortho nitro benzene ring substituents is 1. The third kappa shape index (κ3) is 3.92.